The number of fused-ring (bicyclic) bond motifs is 5. The van der Waals surface area contributed by atoms with Gasteiger partial charge in [0.1, 0.15) is 0 Å². The van der Waals surface area contributed by atoms with Crippen LogP contribution < -0.4 is 0 Å². The molecule has 3 heterocycles. The lowest BCUT2D eigenvalue weighted by Crippen LogP contribution is -1.97. The molecule has 0 bridgehead atoms. The summed E-state index contributed by atoms with van der Waals surface area (Å²) < 4.78 is 29.0. The highest BCUT2D eigenvalue weighted by molar-refractivity contribution is 7.85. The fourth-order valence-corrected chi connectivity index (χ4v) is 2.41. The standard InChI is InChI=1S/C15H10N2.C2H6O3S/c1-2-6-13-11(5-1)12-8-10-17-9-4-3-7-14(17)15(12)16-13;1-2-6(3,4)5/h1-10H;2H2,1H3,(H,3,4,5). The Morgan fingerprint density at radius 2 is 1.74 bits per heavy atom. The van der Waals surface area contributed by atoms with Crippen LogP contribution in [0.1, 0.15) is 6.92 Å². The van der Waals surface area contributed by atoms with Gasteiger partial charge in [0, 0.05) is 23.3 Å². The van der Waals surface area contributed by atoms with Crippen LogP contribution in [0, 0.1) is 0 Å². The maximum atomic E-state index is 9.56. The van der Waals surface area contributed by atoms with E-state index >= 15 is 0 Å². The minimum Gasteiger partial charge on any atom is -0.322 e. The summed E-state index contributed by atoms with van der Waals surface area (Å²) in [5.41, 5.74) is 4.53. The Balaban J connectivity index is 0.000000227. The molecule has 0 aliphatic carbocycles. The van der Waals surface area contributed by atoms with E-state index in [-0.39, 0.29) is 5.75 Å². The Morgan fingerprint density at radius 1 is 1.04 bits per heavy atom. The molecule has 2 aromatic rings. The molecule has 0 spiro atoms. The van der Waals surface area contributed by atoms with Gasteiger partial charge in [0.2, 0.25) is 0 Å². The van der Waals surface area contributed by atoms with Gasteiger partial charge in [0.05, 0.1) is 22.5 Å². The molecule has 1 N–H and O–H groups in total. The molecule has 0 radical (unpaired) electrons. The maximum absolute atomic E-state index is 9.56. The van der Waals surface area contributed by atoms with E-state index in [4.69, 9.17) is 9.54 Å². The fourth-order valence-electron chi connectivity index (χ4n) is 2.41. The molecule has 0 fully saturated rings. The fraction of sp³-hybridized carbons (Fsp3) is 0.118. The Kier molecular flexibility index (Phi) is 4.02. The summed E-state index contributed by atoms with van der Waals surface area (Å²) in [6, 6.07) is 16.6. The smallest absolute Gasteiger partial charge is 0.264 e. The van der Waals surface area contributed by atoms with Crippen molar-refractivity contribution in [3.05, 3.63) is 60.9 Å². The average Bonchev–Trinajstić information content (AvgIpc) is 2.94. The summed E-state index contributed by atoms with van der Waals surface area (Å²) in [6.45, 7) is 1.37. The largest absolute Gasteiger partial charge is 0.322 e. The van der Waals surface area contributed by atoms with Crippen molar-refractivity contribution >= 4 is 26.5 Å². The van der Waals surface area contributed by atoms with Crippen LogP contribution >= 0.6 is 0 Å². The van der Waals surface area contributed by atoms with Crippen LogP contribution in [0.15, 0.2) is 60.9 Å². The normalized spacial score (nSPS) is 11.6. The molecule has 0 amide bonds. The van der Waals surface area contributed by atoms with Gasteiger partial charge in [0.25, 0.3) is 10.1 Å². The predicted octanol–water partition coefficient (Wildman–Crippen LogP) is 3.49. The Hall–Kier alpha value is -2.44. The summed E-state index contributed by atoms with van der Waals surface area (Å²) >= 11 is 0. The van der Waals surface area contributed by atoms with Gasteiger partial charge in [-0.15, -0.1) is 0 Å². The van der Waals surface area contributed by atoms with Crippen molar-refractivity contribution in [2.45, 2.75) is 6.92 Å². The highest BCUT2D eigenvalue weighted by Crippen LogP contribution is 2.33. The molecule has 0 saturated carbocycles. The number of pyridine rings is 2. The van der Waals surface area contributed by atoms with Crippen molar-refractivity contribution in [3.63, 3.8) is 0 Å². The molecule has 2 aliphatic heterocycles. The van der Waals surface area contributed by atoms with Crippen molar-refractivity contribution in [3.8, 4) is 11.3 Å². The Bertz CT molecular complexity index is 1040. The first kappa shape index (κ1) is 15.5. The Morgan fingerprint density at radius 3 is 2.48 bits per heavy atom. The third-order valence-corrected chi connectivity index (χ3v) is 4.31. The monoisotopic (exact) mass is 328 g/mol. The van der Waals surface area contributed by atoms with Crippen LogP contribution in [-0.2, 0) is 10.1 Å². The van der Waals surface area contributed by atoms with Crippen LogP contribution in [-0.4, -0.2) is 28.1 Å². The van der Waals surface area contributed by atoms with Crippen molar-refractivity contribution in [1.29, 1.82) is 0 Å². The molecule has 4 rings (SSSR count). The number of benzene rings is 1. The first-order chi connectivity index (χ1) is 11.0. The number of hydrogen-bond donors (Lipinski definition) is 1. The van der Waals surface area contributed by atoms with E-state index in [1.807, 2.05) is 24.4 Å². The van der Waals surface area contributed by atoms with E-state index in [1.165, 1.54) is 17.9 Å². The van der Waals surface area contributed by atoms with E-state index in [0.29, 0.717) is 0 Å². The predicted molar refractivity (Wildman–Crippen MR) is 91.4 cm³/mol. The molecule has 118 valence electrons. The second-order valence-electron chi connectivity index (χ2n) is 5.07. The SMILES string of the molecule is CCS(=O)(=O)O.c1ccc2c3ccn4ccccc4c-3nc2c1. The van der Waals surface area contributed by atoms with Crippen LogP contribution in [0.5, 0.6) is 0 Å². The molecule has 6 heteroatoms. The Labute approximate surface area is 134 Å². The van der Waals surface area contributed by atoms with Crippen LogP contribution in [0.3, 0.4) is 0 Å². The topological polar surface area (TPSA) is 71.7 Å². The maximum Gasteiger partial charge on any atom is 0.264 e. The summed E-state index contributed by atoms with van der Waals surface area (Å²) in [6.07, 6.45) is 4.14. The van der Waals surface area contributed by atoms with E-state index in [9.17, 15) is 8.42 Å². The first-order valence-electron chi connectivity index (χ1n) is 7.19. The van der Waals surface area contributed by atoms with E-state index in [1.54, 1.807) is 0 Å². The van der Waals surface area contributed by atoms with E-state index < -0.39 is 10.1 Å². The highest BCUT2D eigenvalue weighted by Gasteiger charge is 2.13. The molecular formula is C17H16N2O3S. The molecule has 0 saturated heterocycles. The molecule has 5 nitrogen and oxygen atoms in total. The van der Waals surface area contributed by atoms with Gasteiger partial charge >= 0.3 is 0 Å². The minimum absolute atomic E-state index is 0.201. The molecular weight excluding hydrogens is 312 g/mol. The van der Waals surface area contributed by atoms with E-state index in [2.05, 4.69) is 40.9 Å². The molecule has 1 aromatic heterocycles. The lowest BCUT2D eigenvalue weighted by Gasteiger charge is -2.05. The number of hydrogen-bond acceptors (Lipinski definition) is 3. The average molecular weight is 328 g/mol. The summed E-state index contributed by atoms with van der Waals surface area (Å²) in [5, 5.41) is 1.23. The number of aromatic nitrogens is 2. The zero-order chi connectivity index (χ0) is 16.4. The summed E-state index contributed by atoms with van der Waals surface area (Å²) in [5.74, 6) is -0.201. The highest BCUT2D eigenvalue weighted by atomic mass is 32.2. The third-order valence-electron chi connectivity index (χ3n) is 3.58. The van der Waals surface area contributed by atoms with E-state index in [0.717, 1.165) is 16.7 Å². The minimum atomic E-state index is -3.66. The van der Waals surface area contributed by atoms with Crippen molar-refractivity contribution in [1.82, 2.24) is 9.38 Å². The second-order valence-corrected chi connectivity index (χ2v) is 6.81. The van der Waals surface area contributed by atoms with Crippen LogP contribution in [0.4, 0.5) is 0 Å². The van der Waals surface area contributed by atoms with Gasteiger partial charge in [-0.3, -0.25) is 4.55 Å². The van der Waals surface area contributed by atoms with Gasteiger partial charge in [-0.05, 0) is 31.2 Å². The summed E-state index contributed by atoms with van der Waals surface area (Å²) in [4.78, 5) is 4.72. The summed E-state index contributed by atoms with van der Waals surface area (Å²) in [7, 11) is -3.66. The zero-order valence-electron chi connectivity index (χ0n) is 12.5. The number of rotatable bonds is 1. The van der Waals surface area contributed by atoms with Crippen molar-refractivity contribution in [2.24, 2.45) is 0 Å². The second kappa shape index (κ2) is 5.98. The van der Waals surface area contributed by atoms with Crippen LogP contribution in [0.25, 0.3) is 27.7 Å². The number of para-hydroxylation sites is 1. The lowest BCUT2D eigenvalue weighted by molar-refractivity contribution is 0.484. The van der Waals surface area contributed by atoms with Gasteiger partial charge in [-0.1, -0.05) is 24.3 Å². The zero-order valence-corrected chi connectivity index (χ0v) is 13.4. The first-order valence-corrected chi connectivity index (χ1v) is 8.80. The van der Waals surface area contributed by atoms with Gasteiger partial charge < -0.3 is 4.40 Å². The lowest BCUT2D eigenvalue weighted by atomic mass is 10.1. The van der Waals surface area contributed by atoms with Gasteiger partial charge in [0.15, 0.2) is 0 Å². The molecule has 0 atom stereocenters. The van der Waals surface area contributed by atoms with Crippen LogP contribution in [0.2, 0.25) is 0 Å². The van der Waals surface area contributed by atoms with Crippen molar-refractivity contribution in [2.75, 3.05) is 5.75 Å². The number of nitrogens with zero attached hydrogens (tertiary/aromatic N) is 2. The van der Waals surface area contributed by atoms with Gasteiger partial charge in [-0.2, -0.15) is 8.42 Å². The molecule has 0 unspecified atom stereocenters. The third kappa shape index (κ3) is 3.18. The molecule has 23 heavy (non-hydrogen) atoms. The molecule has 1 aromatic carbocycles. The molecule has 2 aliphatic rings. The quantitative estimate of drug-likeness (QED) is 0.543. The van der Waals surface area contributed by atoms with Gasteiger partial charge in [-0.25, -0.2) is 4.98 Å². The van der Waals surface area contributed by atoms with Crippen molar-refractivity contribution < 1.29 is 13.0 Å².